The van der Waals surface area contributed by atoms with E-state index in [2.05, 4.69) is 16.8 Å². The van der Waals surface area contributed by atoms with E-state index in [-0.39, 0.29) is 5.54 Å². The van der Waals surface area contributed by atoms with Crippen molar-refractivity contribution in [2.45, 2.75) is 25.8 Å². The van der Waals surface area contributed by atoms with Crippen LogP contribution in [0.15, 0.2) is 18.2 Å². The van der Waals surface area contributed by atoms with Gasteiger partial charge in [0.15, 0.2) is 0 Å². The molecule has 0 bridgehead atoms. The highest BCUT2D eigenvalue weighted by Crippen LogP contribution is 2.26. The number of nitrogens with zero attached hydrogens (tertiary/aromatic N) is 2. The number of hydrogen-bond donors (Lipinski definition) is 1. The summed E-state index contributed by atoms with van der Waals surface area (Å²) in [5, 5.41) is 0. The lowest BCUT2D eigenvalue weighted by Crippen LogP contribution is -2.67. The molecule has 14 heavy (non-hydrogen) atoms. The minimum atomic E-state index is 0.0193. The van der Waals surface area contributed by atoms with E-state index >= 15 is 0 Å². The second-order valence-electron chi connectivity index (χ2n) is 4.21. The molecule has 2 N–H and O–H groups in total. The molecule has 0 radical (unpaired) electrons. The zero-order valence-electron chi connectivity index (χ0n) is 8.83. The van der Waals surface area contributed by atoms with Gasteiger partial charge in [0, 0.05) is 18.8 Å². The lowest BCUT2D eigenvalue weighted by molar-refractivity contribution is 0.320. The van der Waals surface area contributed by atoms with Crippen LogP contribution in [-0.4, -0.2) is 23.6 Å². The monoisotopic (exact) mass is 191 g/mol. The SMILES string of the molecule is CCC1(N)CN(c2cccc(C)n2)C1. The molecule has 3 heteroatoms. The van der Waals surface area contributed by atoms with Crippen LogP contribution in [0.25, 0.3) is 0 Å². The van der Waals surface area contributed by atoms with E-state index in [0.717, 1.165) is 31.0 Å². The van der Waals surface area contributed by atoms with Crippen molar-refractivity contribution >= 4 is 5.82 Å². The lowest BCUT2D eigenvalue weighted by Gasteiger charge is -2.48. The average molecular weight is 191 g/mol. The van der Waals surface area contributed by atoms with Crippen molar-refractivity contribution in [3.63, 3.8) is 0 Å². The molecule has 1 fully saturated rings. The fourth-order valence-electron chi connectivity index (χ4n) is 1.80. The van der Waals surface area contributed by atoms with Crippen LogP contribution in [0, 0.1) is 6.92 Å². The summed E-state index contributed by atoms with van der Waals surface area (Å²) in [7, 11) is 0. The Morgan fingerprint density at radius 1 is 1.50 bits per heavy atom. The summed E-state index contributed by atoms with van der Waals surface area (Å²) >= 11 is 0. The maximum absolute atomic E-state index is 6.10. The molecule has 0 unspecified atom stereocenters. The number of pyridine rings is 1. The molecule has 0 amide bonds. The minimum absolute atomic E-state index is 0.0193. The summed E-state index contributed by atoms with van der Waals surface area (Å²) in [6.45, 7) is 6.01. The van der Waals surface area contributed by atoms with Crippen molar-refractivity contribution in [3.05, 3.63) is 23.9 Å². The standard InChI is InChI=1S/C11H17N3/c1-3-11(12)7-14(8-11)10-6-4-5-9(2)13-10/h4-6H,3,7-8,12H2,1-2H3. The molecule has 2 heterocycles. The molecule has 3 nitrogen and oxygen atoms in total. The van der Waals surface area contributed by atoms with Gasteiger partial charge < -0.3 is 10.6 Å². The van der Waals surface area contributed by atoms with Gasteiger partial charge in [0.1, 0.15) is 5.82 Å². The topological polar surface area (TPSA) is 42.1 Å². The quantitative estimate of drug-likeness (QED) is 0.766. The average Bonchev–Trinajstić information content (AvgIpc) is 2.13. The molecule has 76 valence electrons. The van der Waals surface area contributed by atoms with E-state index in [0.29, 0.717) is 0 Å². The molecule has 0 aromatic carbocycles. The number of rotatable bonds is 2. The van der Waals surface area contributed by atoms with E-state index in [1.807, 2.05) is 25.1 Å². The summed E-state index contributed by atoms with van der Waals surface area (Å²) < 4.78 is 0. The Hall–Kier alpha value is -1.09. The predicted molar refractivity (Wildman–Crippen MR) is 58.4 cm³/mol. The number of aryl methyl sites for hydroxylation is 1. The first-order chi connectivity index (χ1) is 6.63. The van der Waals surface area contributed by atoms with Crippen molar-refractivity contribution in [2.24, 2.45) is 5.73 Å². The highest BCUT2D eigenvalue weighted by atomic mass is 15.3. The zero-order chi connectivity index (χ0) is 10.2. The maximum atomic E-state index is 6.10. The fourth-order valence-corrected chi connectivity index (χ4v) is 1.80. The predicted octanol–water partition coefficient (Wildman–Crippen LogP) is 1.32. The van der Waals surface area contributed by atoms with Crippen LogP contribution in [0.1, 0.15) is 19.0 Å². The summed E-state index contributed by atoms with van der Waals surface area (Å²) in [6, 6.07) is 6.10. The lowest BCUT2D eigenvalue weighted by atomic mass is 9.88. The van der Waals surface area contributed by atoms with Crippen LogP contribution in [0.4, 0.5) is 5.82 Å². The van der Waals surface area contributed by atoms with E-state index in [1.165, 1.54) is 0 Å². The van der Waals surface area contributed by atoms with Crippen molar-refractivity contribution < 1.29 is 0 Å². The summed E-state index contributed by atoms with van der Waals surface area (Å²) in [5.74, 6) is 1.06. The van der Waals surface area contributed by atoms with Crippen LogP contribution in [0.2, 0.25) is 0 Å². The minimum Gasteiger partial charge on any atom is -0.353 e. The second kappa shape index (κ2) is 3.24. The van der Waals surface area contributed by atoms with Gasteiger partial charge in [0.2, 0.25) is 0 Å². The number of nitrogens with two attached hydrogens (primary N) is 1. The van der Waals surface area contributed by atoms with Crippen LogP contribution < -0.4 is 10.6 Å². The van der Waals surface area contributed by atoms with Gasteiger partial charge in [0.05, 0.1) is 5.54 Å². The van der Waals surface area contributed by atoms with Crippen LogP contribution >= 0.6 is 0 Å². The molecule has 1 aliphatic rings. The Kier molecular flexibility index (Phi) is 2.19. The second-order valence-corrected chi connectivity index (χ2v) is 4.21. The highest BCUT2D eigenvalue weighted by molar-refractivity contribution is 5.44. The van der Waals surface area contributed by atoms with Gasteiger partial charge in [-0.2, -0.15) is 0 Å². The van der Waals surface area contributed by atoms with E-state index < -0.39 is 0 Å². The molecule has 1 aliphatic heterocycles. The van der Waals surface area contributed by atoms with Gasteiger partial charge in [-0.3, -0.25) is 0 Å². The fraction of sp³-hybridized carbons (Fsp3) is 0.545. The van der Waals surface area contributed by atoms with Crippen LogP contribution in [0.5, 0.6) is 0 Å². The highest BCUT2D eigenvalue weighted by Gasteiger charge is 2.38. The normalized spacial score (nSPS) is 19.2. The Bertz CT molecular complexity index is 329. The molecule has 2 rings (SSSR count). The maximum Gasteiger partial charge on any atom is 0.128 e. The van der Waals surface area contributed by atoms with E-state index in [4.69, 9.17) is 5.73 Å². The van der Waals surface area contributed by atoms with Gasteiger partial charge in [-0.15, -0.1) is 0 Å². The summed E-state index contributed by atoms with van der Waals surface area (Å²) in [6.07, 6.45) is 1.04. The van der Waals surface area contributed by atoms with Crippen molar-refractivity contribution in [1.82, 2.24) is 4.98 Å². The molecular formula is C11H17N3. The van der Waals surface area contributed by atoms with Crippen molar-refractivity contribution in [2.75, 3.05) is 18.0 Å². The first-order valence-corrected chi connectivity index (χ1v) is 5.10. The molecular weight excluding hydrogens is 174 g/mol. The zero-order valence-corrected chi connectivity index (χ0v) is 8.83. The third-order valence-corrected chi connectivity index (χ3v) is 2.91. The van der Waals surface area contributed by atoms with Crippen LogP contribution in [-0.2, 0) is 0 Å². The van der Waals surface area contributed by atoms with Crippen molar-refractivity contribution in [1.29, 1.82) is 0 Å². The number of anilines is 1. The number of hydrogen-bond acceptors (Lipinski definition) is 3. The summed E-state index contributed by atoms with van der Waals surface area (Å²) in [5.41, 5.74) is 7.18. The van der Waals surface area contributed by atoms with Crippen LogP contribution in [0.3, 0.4) is 0 Å². The van der Waals surface area contributed by atoms with E-state index in [9.17, 15) is 0 Å². The molecule has 1 aromatic heterocycles. The third kappa shape index (κ3) is 1.60. The summed E-state index contributed by atoms with van der Waals surface area (Å²) in [4.78, 5) is 6.70. The Labute approximate surface area is 84.9 Å². The first-order valence-electron chi connectivity index (χ1n) is 5.10. The van der Waals surface area contributed by atoms with Gasteiger partial charge in [-0.25, -0.2) is 4.98 Å². The Balaban J connectivity index is 2.06. The molecule has 0 saturated carbocycles. The molecule has 0 aliphatic carbocycles. The van der Waals surface area contributed by atoms with Gasteiger partial charge in [0.25, 0.3) is 0 Å². The molecule has 1 aromatic rings. The van der Waals surface area contributed by atoms with Gasteiger partial charge in [-0.1, -0.05) is 13.0 Å². The Morgan fingerprint density at radius 3 is 2.79 bits per heavy atom. The largest absolute Gasteiger partial charge is 0.353 e. The van der Waals surface area contributed by atoms with E-state index in [1.54, 1.807) is 0 Å². The third-order valence-electron chi connectivity index (χ3n) is 2.91. The van der Waals surface area contributed by atoms with Gasteiger partial charge >= 0.3 is 0 Å². The van der Waals surface area contributed by atoms with Crippen molar-refractivity contribution in [3.8, 4) is 0 Å². The molecule has 1 saturated heterocycles. The molecule has 0 spiro atoms. The Morgan fingerprint density at radius 2 is 2.21 bits per heavy atom. The number of aromatic nitrogens is 1. The first kappa shape index (κ1) is 9.46. The molecule has 0 atom stereocenters. The van der Waals surface area contributed by atoms with Gasteiger partial charge in [-0.05, 0) is 25.5 Å². The smallest absolute Gasteiger partial charge is 0.128 e.